The Labute approximate surface area is 672 Å². The molecule has 8 aliphatic rings. The van der Waals surface area contributed by atoms with Crippen LogP contribution in [0.1, 0.15) is 161 Å². The van der Waals surface area contributed by atoms with Gasteiger partial charge in [-0.3, -0.25) is 0 Å². The van der Waals surface area contributed by atoms with Gasteiger partial charge in [0.05, 0.1) is 120 Å². The van der Waals surface area contributed by atoms with Crippen LogP contribution in [-0.4, -0.2) is 101 Å². The molecule has 0 heterocycles. The van der Waals surface area contributed by atoms with E-state index in [-0.39, 0.29) is 120 Å². The van der Waals surface area contributed by atoms with Crippen molar-refractivity contribution in [1.29, 1.82) is 0 Å². The van der Waals surface area contributed by atoms with Gasteiger partial charge in [-0.15, -0.1) is 20.5 Å². The molecule has 0 fully saturated rings. The molecule has 0 radical (unpaired) electrons. The normalized spacial score (nSPS) is 11.0. The van der Waals surface area contributed by atoms with E-state index >= 15 is 0 Å². The molecule has 592 valence electrons. The fourth-order valence-electron chi connectivity index (χ4n) is 12.0. The van der Waals surface area contributed by atoms with E-state index in [1.807, 2.05) is 149 Å². The van der Waals surface area contributed by atoms with Crippen LogP contribution in [-0.2, 0) is 37.9 Å². The molecule has 12 rings (SSSR count). The first-order valence-electron chi connectivity index (χ1n) is 37.7. The maximum absolute atomic E-state index is 12.8. The van der Waals surface area contributed by atoms with Crippen molar-refractivity contribution in [3.05, 3.63) is 285 Å². The smallest absolute Gasteiger partial charge is 0.341 e. The molecule has 0 bridgehead atoms. The number of benzene rings is 4. The zero-order valence-corrected chi connectivity index (χ0v) is 66.6. The molecule has 0 amide bonds. The summed E-state index contributed by atoms with van der Waals surface area (Å²) in [6.07, 6.45) is 0. The highest BCUT2D eigenvalue weighted by molar-refractivity contribution is 6.18. The van der Waals surface area contributed by atoms with Gasteiger partial charge < -0.3 is 37.9 Å². The Morgan fingerprint density at radius 1 is 0.190 bits per heavy atom. The predicted octanol–water partition coefficient (Wildman–Crippen LogP) is 23.5. The predicted molar refractivity (Wildman–Crippen MR) is 441 cm³/mol. The third-order valence-corrected chi connectivity index (χ3v) is 17.2. The molecule has 0 unspecified atom stereocenters. The van der Waals surface area contributed by atoms with Gasteiger partial charge in [0.25, 0.3) is 0 Å². The maximum Gasteiger partial charge on any atom is 0.341 e. The summed E-state index contributed by atoms with van der Waals surface area (Å²) >= 11 is 0. The zero-order chi connectivity index (χ0) is 83.2. The minimum Gasteiger partial charge on any atom is -0.462 e. The fourth-order valence-corrected chi connectivity index (χ4v) is 12.0. The molecule has 0 saturated heterocycles. The van der Waals surface area contributed by atoms with Crippen molar-refractivity contribution < 1.29 is 76.3 Å². The van der Waals surface area contributed by atoms with E-state index in [2.05, 4.69) is 40.9 Å². The average Bonchev–Trinajstić information content (AvgIpc) is 1.63. The van der Waals surface area contributed by atoms with E-state index in [4.69, 9.17) is 37.9 Å². The van der Waals surface area contributed by atoms with E-state index in [0.717, 1.165) is 22.3 Å². The summed E-state index contributed by atoms with van der Waals surface area (Å²) in [4.78, 5) is 102. The van der Waals surface area contributed by atoms with Gasteiger partial charge in [0.2, 0.25) is 0 Å². The van der Waals surface area contributed by atoms with Crippen molar-refractivity contribution in [3.8, 4) is 44.5 Å². The molecule has 0 spiro atoms. The van der Waals surface area contributed by atoms with Crippen LogP contribution in [0.3, 0.4) is 0 Å². The molecule has 8 aliphatic carbocycles. The molecule has 4 aromatic carbocycles. The number of fused-ring (bicyclic) bond motifs is 4. The van der Waals surface area contributed by atoms with E-state index < -0.39 is 47.8 Å². The maximum atomic E-state index is 12.8. The molecule has 24 nitrogen and oxygen atoms in total. The first-order valence-corrected chi connectivity index (χ1v) is 37.7. The topological polar surface area (TPSA) is 309 Å². The molecule has 4 aromatic rings. The van der Waals surface area contributed by atoms with Crippen LogP contribution in [0.2, 0.25) is 0 Å². The number of carbonyl (C=O) groups excluding carboxylic acids is 8. The van der Waals surface area contributed by atoms with Crippen LogP contribution < -0.4 is 0 Å². The molecule has 0 aromatic heterocycles. The lowest BCUT2D eigenvalue weighted by Crippen LogP contribution is -2.06. The van der Waals surface area contributed by atoms with E-state index in [1.165, 1.54) is 0 Å². The lowest BCUT2D eigenvalue weighted by molar-refractivity contribution is 0.0512. The Bertz CT molecular complexity index is 4560. The number of rotatable bonds is 24. The van der Waals surface area contributed by atoms with E-state index in [9.17, 15) is 38.4 Å². The second-order valence-corrected chi connectivity index (χ2v) is 25.3. The monoisotopic (exact) mass is 1560 g/mol. The van der Waals surface area contributed by atoms with Gasteiger partial charge in [0.1, 0.15) is 22.7 Å². The number of hydrogen-bond donors (Lipinski definition) is 0. The molecule has 0 N–H and O–H groups in total. The first kappa shape index (κ1) is 85.8. The first-order chi connectivity index (χ1) is 56.2. The van der Waals surface area contributed by atoms with Crippen LogP contribution in [0, 0.1) is 27.7 Å². The van der Waals surface area contributed by atoms with E-state index in [0.29, 0.717) is 67.3 Å². The number of carbonyl (C=O) groups is 8. The van der Waals surface area contributed by atoms with Crippen molar-refractivity contribution in [2.24, 2.45) is 40.9 Å². The van der Waals surface area contributed by atoms with Crippen LogP contribution >= 0.6 is 0 Å². The number of esters is 8. The van der Waals surface area contributed by atoms with Gasteiger partial charge in [0, 0.05) is 0 Å². The Hall–Kier alpha value is -14.2. The third kappa shape index (κ3) is 21.3. The Kier molecular flexibility index (Phi) is 31.4. The molecule has 0 saturated carbocycles. The van der Waals surface area contributed by atoms with Gasteiger partial charge >= 0.3 is 47.8 Å². The van der Waals surface area contributed by atoms with Crippen molar-refractivity contribution in [2.45, 2.75) is 83.1 Å². The van der Waals surface area contributed by atoms with Gasteiger partial charge in [-0.25, -0.2) is 38.4 Å². The van der Waals surface area contributed by atoms with Crippen LogP contribution in [0.4, 0.5) is 45.5 Å². The number of azo groups is 4. The molecule has 24 heteroatoms. The summed E-state index contributed by atoms with van der Waals surface area (Å²) in [6, 6.07) is 65.5. The van der Waals surface area contributed by atoms with Crippen LogP contribution in [0.25, 0.3) is 44.5 Å². The summed E-state index contributed by atoms with van der Waals surface area (Å²) < 4.78 is 41.9. The number of nitrogens with zero attached hydrogens (tertiary/aromatic N) is 8. The summed E-state index contributed by atoms with van der Waals surface area (Å²) in [5.74, 6) is -4.47. The highest BCUT2D eigenvalue weighted by Gasteiger charge is 2.37. The zero-order valence-electron chi connectivity index (χ0n) is 66.6. The minimum atomic E-state index is -0.558. The Morgan fingerprint density at radius 2 is 0.319 bits per heavy atom. The van der Waals surface area contributed by atoms with Crippen LogP contribution in [0.15, 0.2) is 259 Å². The second kappa shape index (κ2) is 42.5. The second-order valence-electron chi connectivity index (χ2n) is 25.3. The van der Waals surface area contributed by atoms with Crippen LogP contribution in [0.5, 0.6) is 0 Å². The summed E-state index contributed by atoms with van der Waals surface area (Å²) in [5.41, 5.74) is 13.6. The molecule has 0 aliphatic heterocycles. The minimum absolute atomic E-state index is 0.156. The van der Waals surface area contributed by atoms with Crippen molar-refractivity contribution >= 4 is 93.3 Å². The van der Waals surface area contributed by atoms with Gasteiger partial charge in [-0.2, -0.15) is 20.5 Å². The van der Waals surface area contributed by atoms with Gasteiger partial charge in [-0.05, 0) is 176 Å². The average molecular weight is 1560 g/mol. The van der Waals surface area contributed by atoms with Crippen molar-refractivity contribution in [1.82, 2.24) is 0 Å². The highest BCUT2D eigenvalue weighted by Crippen LogP contribution is 2.48. The summed E-state index contributed by atoms with van der Waals surface area (Å²) in [7, 11) is 0. The van der Waals surface area contributed by atoms with Crippen molar-refractivity contribution in [3.63, 3.8) is 0 Å². The quantitative estimate of drug-likeness (QED) is 0.0308. The molecule has 0 atom stereocenters. The summed E-state index contributed by atoms with van der Waals surface area (Å²) in [5, 5.41) is 34.2. The van der Waals surface area contributed by atoms with Gasteiger partial charge in [0.15, 0.2) is 0 Å². The largest absolute Gasteiger partial charge is 0.462 e. The molecular formula is C92H88N8O16. The van der Waals surface area contributed by atoms with E-state index in [1.54, 1.807) is 152 Å². The fraction of sp³-hybridized carbons (Fsp3) is 0.217. The van der Waals surface area contributed by atoms with Gasteiger partial charge in [-0.1, -0.05) is 192 Å². The highest BCUT2D eigenvalue weighted by atomic mass is 16.6. The Balaban J connectivity index is 0.000000177. The molecule has 116 heavy (non-hydrogen) atoms. The van der Waals surface area contributed by atoms with Crippen molar-refractivity contribution in [2.75, 3.05) is 52.9 Å². The summed E-state index contributed by atoms with van der Waals surface area (Å²) in [6.45, 7) is 23.3. The Morgan fingerprint density at radius 3 is 0.440 bits per heavy atom. The third-order valence-electron chi connectivity index (χ3n) is 17.2. The number of ether oxygens (including phenoxy) is 8. The number of hydrogen-bond acceptors (Lipinski definition) is 24. The number of aryl methyl sites for hydroxylation is 4. The lowest BCUT2D eigenvalue weighted by atomic mass is 10.1. The lowest BCUT2D eigenvalue weighted by Gasteiger charge is -2.04. The molecular weight excluding hydrogens is 1470 g/mol. The SMILES string of the molecule is CCOC(=O)c1c2cccccc-2c(C(=O)OCC)c1N=Nc1ccc(C)cc1.CCOC(=O)c1c2cccccc-2c(C(=O)OCC)c1N=Nc1ccc(C)cc1.CCOC(=O)c1c2cccccc-2c(C(=O)OCC)c1N=Nc1ccc(C)cc1.CCOC(=O)c1c2cccccc-2c(C(=O)OCC)c1N=Nc1ccc(C)cc1. The standard InChI is InChI=1S/4C23H22N2O4/c4*1-4-28-22(26)19-17-9-7-6-8-10-18(17)20(23(27)29-5-2)21(19)25-24-16-13-11-15(3)12-14-16/h4*6-14H,4-5H2,1-3H3.